The number of carbonyl (C=O) groups is 1. The van der Waals surface area contributed by atoms with Gasteiger partial charge >= 0.3 is 6.09 Å². The average Bonchev–Trinajstić information content (AvgIpc) is 3.18. The molecule has 0 saturated heterocycles. The fraction of sp³-hybridized carbons (Fsp3) is 0.938. The summed E-state index contributed by atoms with van der Waals surface area (Å²) in [6.07, 6.45) is 6.67. The maximum Gasteiger partial charge on any atom is 0.407 e. The van der Waals surface area contributed by atoms with Crippen LogP contribution < -0.4 is 10.6 Å². The predicted octanol–water partition coefficient (Wildman–Crippen LogP) is 2.59. The van der Waals surface area contributed by atoms with Gasteiger partial charge < -0.3 is 20.1 Å². The molecule has 122 valence electrons. The normalized spacial score (nSPS) is 26.4. The summed E-state index contributed by atoms with van der Waals surface area (Å²) in [5.41, 5.74) is -0.432. The number of ether oxygens (including phenoxy) is 2. The standard InChI is InChI=1S/C16H30N2O3/c1-16(2,3)21-15(19)18-13-6-8-14(9-7-13)20-11-10-17-12-4-5-12/h12-14,17H,4-11H2,1-3H3,(H,18,19). The summed E-state index contributed by atoms with van der Waals surface area (Å²) in [5, 5.41) is 6.41. The largest absolute Gasteiger partial charge is 0.444 e. The van der Waals surface area contributed by atoms with Gasteiger partial charge in [0.25, 0.3) is 0 Å². The Labute approximate surface area is 128 Å². The third kappa shape index (κ3) is 7.14. The van der Waals surface area contributed by atoms with Gasteiger partial charge in [0.1, 0.15) is 5.60 Å². The summed E-state index contributed by atoms with van der Waals surface area (Å²) in [6, 6.07) is 0.978. The first-order valence-electron chi connectivity index (χ1n) is 8.27. The van der Waals surface area contributed by atoms with Crippen molar-refractivity contribution in [1.82, 2.24) is 10.6 Å². The van der Waals surface area contributed by atoms with Gasteiger partial charge in [-0.05, 0) is 59.3 Å². The number of alkyl carbamates (subject to hydrolysis) is 1. The Bertz CT molecular complexity index is 329. The van der Waals surface area contributed by atoms with Crippen LogP contribution in [0.25, 0.3) is 0 Å². The number of nitrogens with one attached hydrogen (secondary N) is 2. The van der Waals surface area contributed by atoms with E-state index in [-0.39, 0.29) is 12.1 Å². The van der Waals surface area contributed by atoms with Crippen molar-refractivity contribution in [2.45, 2.75) is 83.1 Å². The molecule has 1 amide bonds. The van der Waals surface area contributed by atoms with E-state index >= 15 is 0 Å². The lowest BCUT2D eigenvalue weighted by atomic mass is 9.93. The van der Waals surface area contributed by atoms with Crippen LogP contribution in [0.4, 0.5) is 4.79 Å². The summed E-state index contributed by atoms with van der Waals surface area (Å²) in [6.45, 7) is 7.40. The van der Waals surface area contributed by atoms with Crippen LogP contribution in [0.5, 0.6) is 0 Å². The molecule has 0 bridgehead atoms. The molecule has 0 aromatic heterocycles. The zero-order valence-electron chi connectivity index (χ0n) is 13.6. The van der Waals surface area contributed by atoms with Crippen LogP contribution in [0, 0.1) is 0 Å². The van der Waals surface area contributed by atoms with Crippen molar-refractivity contribution in [1.29, 1.82) is 0 Å². The Morgan fingerprint density at radius 3 is 2.24 bits per heavy atom. The van der Waals surface area contributed by atoms with E-state index in [1.807, 2.05) is 20.8 Å². The zero-order chi connectivity index (χ0) is 15.3. The first-order chi connectivity index (χ1) is 9.92. The van der Waals surface area contributed by atoms with Gasteiger partial charge in [0.2, 0.25) is 0 Å². The van der Waals surface area contributed by atoms with Gasteiger partial charge in [-0.2, -0.15) is 0 Å². The third-order valence-corrected chi connectivity index (χ3v) is 3.86. The maximum absolute atomic E-state index is 11.7. The van der Waals surface area contributed by atoms with Crippen LogP contribution in [0.15, 0.2) is 0 Å². The molecule has 2 aliphatic rings. The molecular weight excluding hydrogens is 268 g/mol. The second kappa shape index (κ2) is 7.45. The molecular formula is C16H30N2O3. The van der Waals surface area contributed by atoms with Crippen molar-refractivity contribution in [3.8, 4) is 0 Å². The second-order valence-electron chi connectivity index (χ2n) is 7.22. The van der Waals surface area contributed by atoms with Crippen LogP contribution in [-0.2, 0) is 9.47 Å². The van der Waals surface area contributed by atoms with E-state index in [0.717, 1.165) is 44.9 Å². The summed E-state index contributed by atoms with van der Waals surface area (Å²) in [5.74, 6) is 0. The smallest absolute Gasteiger partial charge is 0.407 e. The number of carbonyl (C=O) groups excluding carboxylic acids is 1. The van der Waals surface area contributed by atoms with E-state index < -0.39 is 5.60 Å². The highest BCUT2D eigenvalue weighted by atomic mass is 16.6. The number of hydrogen-bond donors (Lipinski definition) is 2. The van der Waals surface area contributed by atoms with Crippen LogP contribution in [0.3, 0.4) is 0 Å². The highest BCUT2D eigenvalue weighted by Gasteiger charge is 2.25. The number of hydrogen-bond acceptors (Lipinski definition) is 4. The fourth-order valence-electron chi connectivity index (χ4n) is 2.62. The van der Waals surface area contributed by atoms with E-state index in [0.29, 0.717) is 6.10 Å². The second-order valence-corrected chi connectivity index (χ2v) is 7.22. The molecule has 2 rings (SSSR count). The van der Waals surface area contributed by atoms with Gasteiger partial charge in [0.05, 0.1) is 12.7 Å². The molecule has 2 saturated carbocycles. The molecule has 0 atom stereocenters. The molecule has 0 aromatic rings. The Balaban J connectivity index is 1.53. The average molecular weight is 298 g/mol. The van der Waals surface area contributed by atoms with Crippen molar-refractivity contribution in [2.24, 2.45) is 0 Å². The maximum atomic E-state index is 11.7. The summed E-state index contributed by atoms with van der Waals surface area (Å²) < 4.78 is 11.2. The minimum absolute atomic E-state index is 0.226. The Morgan fingerprint density at radius 2 is 1.67 bits per heavy atom. The molecule has 2 fully saturated rings. The molecule has 2 aliphatic carbocycles. The van der Waals surface area contributed by atoms with E-state index in [4.69, 9.17) is 9.47 Å². The first-order valence-corrected chi connectivity index (χ1v) is 8.27. The number of rotatable bonds is 6. The number of amides is 1. The Morgan fingerprint density at radius 1 is 1.05 bits per heavy atom. The van der Waals surface area contributed by atoms with E-state index in [1.54, 1.807) is 0 Å². The van der Waals surface area contributed by atoms with Crippen LogP contribution in [0.2, 0.25) is 0 Å². The van der Waals surface area contributed by atoms with Crippen molar-refractivity contribution in [2.75, 3.05) is 13.2 Å². The van der Waals surface area contributed by atoms with Gasteiger partial charge in [0, 0.05) is 18.6 Å². The van der Waals surface area contributed by atoms with Crippen molar-refractivity contribution in [3.05, 3.63) is 0 Å². The first kappa shape index (κ1) is 16.6. The Hall–Kier alpha value is -0.810. The predicted molar refractivity (Wildman–Crippen MR) is 82.4 cm³/mol. The molecule has 0 unspecified atom stereocenters. The van der Waals surface area contributed by atoms with Gasteiger partial charge in [-0.15, -0.1) is 0 Å². The molecule has 0 heterocycles. The topological polar surface area (TPSA) is 59.6 Å². The lowest BCUT2D eigenvalue weighted by Gasteiger charge is -2.30. The lowest BCUT2D eigenvalue weighted by Crippen LogP contribution is -2.42. The molecule has 5 heteroatoms. The summed E-state index contributed by atoms with van der Waals surface area (Å²) in [4.78, 5) is 11.7. The third-order valence-electron chi connectivity index (χ3n) is 3.86. The zero-order valence-corrected chi connectivity index (χ0v) is 13.6. The van der Waals surface area contributed by atoms with E-state index in [2.05, 4.69) is 10.6 Å². The molecule has 0 aromatic carbocycles. The quantitative estimate of drug-likeness (QED) is 0.740. The van der Waals surface area contributed by atoms with Crippen LogP contribution in [0.1, 0.15) is 59.3 Å². The molecule has 2 N–H and O–H groups in total. The minimum Gasteiger partial charge on any atom is -0.444 e. The van der Waals surface area contributed by atoms with Gasteiger partial charge in [-0.1, -0.05) is 0 Å². The van der Waals surface area contributed by atoms with Crippen LogP contribution >= 0.6 is 0 Å². The van der Waals surface area contributed by atoms with Crippen LogP contribution in [-0.4, -0.2) is 43.0 Å². The fourth-order valence-corrected chi connectivity index (χ4v) is 2.62. The summed E-state index contributed by atoms with van der Waals surface area (Å²) in [7, 11) is 0. The van der Waals surface area contributed by atoms with Gasteiger partial charge in [-0.3, -0.25) is 0 Å². The molecule has 0 radical (unpaired) electrons. The SMILES string of the molecule is CC(C)(C)OC(=O)NC1CCC(OCCNC2CC2)CC1. The molecule has 21 heavy (non-hydrogen) atoms. The molecule has 5 nitrogen and oxygen atoms in total. The van der Waals surface area contributed by atoms with Gasteiger partial charge in [-0.25, -0.2) is 4.79 Å². The lowest BCUT2D eigenvalue weighted by molar-refractivity contribution is 0.0193. The Kier molecular flexibility index (Phi) is 5.88. The molecule has 0 aliphatic heterocycles. The van der Waals surface area contributed by atoms with Crippen molar-refractivity contribution >= 4 is 6.09 Å². The minimum atomic E-state index is -0.432. The highest BCUT2D eigenvalue weighted by molar-refractivity contribution is 5.68. The van der Waals surface area contributed by atoms with E-state index in [1.165, 1.54) is 12.8 Å². The van der Waals surface area contributed by atoms with E-state index in [9.17, 15) is 4.79 Å². The summed E-state index contributed by atoms with van der Waals surface area (Å²) >= 11 is 0. The highest BCUT2D eigenvalue weighted by Crippen LogP contribution is 2.22. The molecule has 0 spiro atoms. The van der Waals surface area contributed by atoms with Crippen molar-refractivity contribution in [3.63, 3.8) is 0 Å². The monoisotopic (exact) mass is 298 g/mol. The van der Waals surface area contributed by atoms with Crippen molar-refractivity contribution < 1.29 is 14.3 Å². The van der Waals surface area contributed by atoms with Gasteiger partial charge in [0.15, 0.2) is 0 Å².